The summed E-state index contributed by atoms with van der Waals surface area (Å²) in [6.45, 7) is 1.27. The summed E-state index contributed by atoms with van der Waals surface area (Å²) in [5, 5.41) is 11.4. The number of aromatic nitrogens is 3. The molecule has 9 nitrogen and oxygen atoms in total. The van der Waals surface area contributed by atoms with Crippen LogP contribution in [0.3, 0.4) is 0 Å². The average Bonchev–Trinajstić information content (AvgIpc) is 3.46. The van der Waals surface area contributed by atoms with Crippen molar-refractivity contribution in [3.63, 3.8) is 0 Å². The molecule has 35 heavy (non-hydrogen) atoms. The van der Waals surface area contributed by atoms with Crippen molar-refractivity contribution in [3.8, 4) is 5.75 Å². The minimum Gasteiger partial charge on any atom is -0.497 e. The van der Waals surface area contributed by atoms with E-state index in [9.17, 15) is 9.59 Å². The van der Waals surface area contributed by atoms with Crippen molar-refractivity contribution in [2.45, 2.75) is 63.1 Å². The van der Waals surface area contributed by atoms with Gasteiger partial charge in [-0.2, -0.15) is 0 Å². The molecule has 4 rings (SSSR count). The lowest BCUT2D eigenvalue weighted by Gasteiger charge is -2.25. The highest BCUT2D eigenvalue weighted by atomic mass is 16.5. The van der Waals surface area contributed by atoms with Gasteiger partial charge in [-0.05, 0) is 37.0 Å². The van der Waals surface area contributed by atoms with E-state index in [1.165, 1.54) is 32.8 Å². The number of amides is 1. The van der Waals surface area contributed by atoms with Crippen molar-refractivity contribution in [2.75, 3.05) is 27.3 Å². The number of nitrogens with one attached hydrogen (secondary N) is 1. The number of likely N-dealkylation sites (tertiary alicyclic amines) is 1. The number of carbonyl (C=O) groups excluding carboxylic acids is 2. The van der Waals surface area contributed by atoms with Crippen LogP contribution in [0.15, 0.2) is 36.5 Å². The molecule has 1 aromatic heterocycles. The Labute approximate surface area is 206 Å². The van der Waals surface area contributed by atoms with Crippen molar-refractivity contribution in [1.29, 1.82) is 0 Å². The zero-order chi connectivity index (χ0) is 24.6. The summed E-state index contributed by atoms with van der Waals surface area (Å²) in [6, 6.07) is 7.79. The molecule has 1 amide bonds. The maximum atomic E-state index is 13.4. The molecule has 1 N–H and O–H groups in total. The van der Waals surface area contributed by atoms with E-state index in [1.807, 2.05) is 24.3 Å². The van der Waals surface area contributed by atoms with Crippen LogP contribution >= 0.6 is 0 Å². The Bertz CT molecular complexity index is 1010. The van der Waals surface area contributed by atoms with Gasteiger partial charge in [-0.1, -0.05) is 55.2 Å². The third kappa shape index (κ3) is 6.48. The summed E-state index contributed by atoms with van der Waals surface area (Å²) in [4.78, 5) is 27.4. The normalized spacial score (nSPS) is 21.7. The van der Waals surface area contributed by atoms with Gasteiger partial charge in [-0.25, -0.2) is 9.48 Å². The first kappa shape index (κ1) is 24.9. The van der Waals surface area contributed by atoms with Crippen molar-refractivity contribution in [1.82, 2.24) is 25.2 Å². The van der Waals surface area contributed by atoms with Gasteiger partial charge in [0.1, 0.15) is 5.75 Å². The fraction of sp³-hybridized carbons (Fsp3) is 0.538. The fourth-order valence-corrected chi connectivity index (χ4v) is 4.96. The first-order valence-corrected chi connectivity index (χ1v) is 12.4. The largest absolute Gasteiger partial charge is 0.497 e. The Morgan fingerprint density at radius 2 is 1.86 bits per heavy atom. The van der Waals surface area contributed by atoms with E-state index in [-0.39, 0.29) is 29.7 Å². The maximum absolute atomic E-state index is 13.4. The van der Waals surface area contributed by atoms with Gasteiger partial charge in [-0.15, -0.1) is 5.10 Å². The molecule has 1 saturated carbocycles. The molecule has 2 aliphatic rings. The van der Waals surface area contributed by atoms with Gasteiger partial charge in [0.05, 0.1) is 32.5 Å². The third-order valence-electron chi connectivity index (χ3n) is 6.93. The summed E-state index contributed by atoms with van der Waals surface area (Å²) in [5.41, 5.74) is 1.24. The van der Waals surface area contributed by atoms with Crippen LogP contribution in [-0.4, -0.2) is 71.2 Å². The first-order chi connectivity index (χ1) is 17.1. The number of hydrogen-bond donors (Lipinski definition) is 1. The number of methoxy groups -OCH3 is 2. The number of esters is 1. The van der Waals surface area contributed by atoms with E-state index in [1.54, 1.807) is 18.0 Å². The zero-order valence-corrected chi connectivity index (χ0v) is 20.6. The summed E-state index contributed by atoms with van der Waals surface area (Å²) in [6.07, 6.45) is 13.3. The summed E-state index contributed by atoms with van der Waals surface area (Å²) in [7, 11) is 2.97. The van der Waals surface area contributed by atoms with Crippen LogP contribution in [0, 0.1) is 0 Å². The van der Waals surface area contributed by atoms with E-state index < -0.39 is 5.97 Å². The molecule has 1 aromatic carbocycles. The van der Waals surface area contributed by atoms with E-state index >= 15 is 0 Å². The van der Waals surface area contributed by atoms with Crippen LogP contribution in [0.5, 0.6) is 5.75 Å². The molecule has 188 valence electrons. The van der Waals surface area contributed by atoms with Crippen molar-refractivity contribution >= 4 is 18.0 Å². The van der Waals surface area contributed by atoms with E-state index in [4.69, 9.17) is 9.47 Å². The van der Waals surface area contributed by atoms with Gasteiger partial charge in [-0.3, -0.25) is 9.69 Å². The molecule has 0 bridgehead atoms. The van der Waals surface area contributed by atoms with Gasteiger partial charge in [0, 0.05) is 19.1 Å². The van der Waals surface area contributed by atoms with E-state index in [0.29, 0.717) is 19.5 Å². The number of rotatable bonds is 8. The number of carbonyl (C=O) groups is 2. The second-order valence-electron chi connectivity index (χ2n) is 9.31. The van der Waals surface area contributed by atoms with E-state index in [2.05, 4.69) is 32.7 Å². The highest BCUT2D eigenvalue weighted by Crippen LogP contribution is 2.28. The molecule has 2 atom stereocenters. The number of benzene rings is 1. The molecule has 9 heteroatoms. The minimum absolute atomic E-state index is 0.0554. The SMILES string of the molecule is COC(=O)c1cn([C@H]2C[C@@H](C(=O)NC3CCCCCC3)N(CC=Cc3ccc(OC)cc3)C2)nn1. The molecule has 2 heterocycles. The Hall–Kier alpha value is -3.20. The Balaban J connectivity index is 1.45. The molecule has 0 radical (unpaired) electrons. The van der Waals surface area contributed by atoms with Gasteiger partial charge in [0.15, 0.2) is 5.69 Å². The highest BCUT2D eigenvalue weighted by Gasteiger charge is 2.38. The lowest BCUT2D eigenvalue weighted by atomic mass is 10.1. The number of ether oxygens (including phenoxy) is 2. The second kappa shape index (κ2) is 12.0. The second-order valence-corrected chi connectivity index (χ2v) is 9.31. The van der Waals surface area contributed by atoms with Crippen LogP contribution in [0.2, 0.25) is 0 Å². The molecule has 0 unspecified atom stereocenters. The predicted octanol–water partition coefficient (Wildman–Crippen LogP) is 3.24. The molecule has 1 saturated heterocycles. The molecule has 1 aliphatic carbocycles. The third-order valence-corrected chi connectivity index (χ3v) is 6.93. The molecule has 2 aromatic rings. The first-order valence-electron chi connectivity index (χ1n) is 12.4. The summed E-state index contributed by atoms with van der Waals surface area (Å²) in [5.74, 6) is 0.376. The van der Waals surface area contributed by atoms with Gasteiger partial charge in [0.25, 0.3) is 0 Å². The molecular formula is C26H35N5O4. The van der Waals surface area contributed by atoms with Crippen LogP contribution < -0.4 is 10.1 Å². The quantitative estimate of drug-likeness (QED) is 0.456. The van der Waals surface area contributed by atoms with Gasteiger partial charge < -0.3 is 14.8 Å². The molecule has 2 fully saturated rings. The Morgan fingerprint density at radius 1 is 1.11 bits per heavy atom. The topological polar surface area (TPSA) is 98.6 Å². The average molecular weight is 482 g/mol. The minimum atomic E-state index is -0.517. The standard InChI is InChI=1S/C26H35N5O4/c1-34-22-13-11-19(12-14-22)8-7-15-30-17-21(31-18-23(28-29-31)26(33)35-2)16-24(30)25(32)27-20-9-5-3-4-6-10-20/h7-8,11-14,18,20-21,24H,3-6,9-10,15-17H2,1-2H3,(H,27,32)/t21-,24-/m0/s1. The zero-order valence-electron chi connectivity index (χ0n) is 20.6. The van der Waals surface area contributed by atoms with Crippen LogP contribution in [0.1, 0.15) is 67.0 Å². The monoisotopic (exact) mass is 481 g/mol. The predicted molar refractivity (Wildman–Crippen MR) is 132 cm³/mol. The molecule has 0 spiro atoms. The number of hydrogen-bond acceptors (Lipinski definition) is 7. The summed E-state index contributed by atoms with van der Waals surface area (Å²) >= 11 is 0. The van der Waals surface area contributed by atoms with E-state index in [0.717, 1.165) is 24.2 Å². The van der Waals surface area contributed by atoms with Crippen LogP contribution in [0.25, 0.3) is 6.08 Å². The van der Waals surface area contributed by atoms with Crippen molar-refractivity contribution < 1.29 is 19.1 Å². The molecular weight excluding hydrogens is 446 g/mol. The summed E-state index contributed by atoms with van der Waals surface area (Å²) < 4.78 is 11.7. The molecule has 1 aliphatic heterocycles. The van der Waals surface area contributed by atoms with Crippen LogP contribution in [0.4, 0.5) is 0 Å². The number of nitrogens with zero attached hydrogens (tertiary/aromatic N) is 4. The van der Waals surface area contributed by atoms with Gasteiger partial charge in [0.2, 0.25) is 5.91 Å². The maximum Gasteiger partial charge on any atom is 0.360 e. The Kier molecular flexibility index (Phi) is 8.52. The lowest BCUT2D eigenvalue weighted by molar-refractivity contribution is -0.126. The van der Waals surface area contributed by atoms with Gasteiger partial charge >= 0.3 is 5.97 Å². The van der Waals surface area contributed by atoms with Crippen molar-refractivity contribution in [2.24, 2.45) is 0 Å². The highest BCUT2D eigenvalue weighted by molar-refractivity contribution is 5.86. The fourth-order valence-electron chi connectivity index (χ4n) is 4.96. The lowest BCUT2D eigenvalue weighted by Crippen LogP contribution is -2.46. The smallest absolute Gasteiger partial charge is 0.360 e. The van der Waals surface area contributed by atoms with Crippen molar-refractivity contribution in [3.05, 3.63) is 47.8 Å². The Morgan fingerprint density at radius 3 is 2.54 bits per heavy atom. The van der Waals surface area contributed by atoms with Crippen LogP contribution in [-0.2, 0) is 9.53 Å².